The van der Waals surface area contributed by atoms with Crippen LogP contribution in [0.25, 0.3) is 0 Å². The zero-order valence-corrected chi connectivity index (χ0v) is 13.9. The summed E-state index contributed by atoms with van der Waals surface area (Å²) in [6, 6.07) is 0. The topological polar surface area (TPSA) is 46.6 Å². The molecule has 0 unspecified atom stereocenters. The maximum Gasteiger partial charge on any atom is 0.185 e. The van der Waals surface area contributed by atoms with Crippen molar-refractivity contribution in [3.63, 3.8) is 0 Å². The molecule has 0 saturated carbocycles. The summed E-state index contributed by atoms with van der Waals surface area (Å²) in [7, 11) is 3.47. The number of nitrogens with one attached hydrogen (secondary N) is 1. The molecule has 20 heavy (non-hydrogen) atoms. The number of thiazole rings is 1. The second-order valence-corrected chi connectivity index (χ2v) is 5.67. The van der Waals surface area contributed by atoms with Crippen LogP contribution in [-0.2, 0) is 16.0 Å². The predicted octanol–water partition coefficient (Wildman–Crippen LogP) is 2.05. The quantitative estimate of drug-likeness (QED) is 0.634. The van der Waals surface area contributed by atoms with Crippen molar-refractivity contribution in [2.24, 2.45) is 0 Å². The van der Waals surface area contributed by atoms with E-state index < -0.39 is 0 Å². The Hall–Kier alpha value is -0.690. The molecule has 6 heteroatoms. The average molecular weight is 301 g/mol. The van der Waals surface area contributed by atoms with Crippen LogP contribution in [0.3, 0.4) is 0 Å². The van der Waals surface area contributed by atoms with Crippen LogP contribution in [-0.4, -0.2) is 52.1 Å². The Labute approximate surface area is 126 Å². The zero-order valence-electron chi connectivity index (χ0n) is 13.1. The lowest BCUT2D eigenvalue weighted by Crippen LogP contribution is -2.28. The molecule has 0 aliphatic rings. The minimum absolute atomic E-state index is 0.716. The number of nitrogens with zero attached hydrogens (tertiary/aromatic N) is 2. The molecule has 116 valence electrons. The van der Waals surface area contributed by atoms with Crippen molar-refractivity contribution in [2.75, 3.05) is 52.0 Å². The molecule has 0 fully saturated rings. The monoisotopic (exact) mass is 301 g/mol. The molecular weight excluding hydrogens is 274 g/mol. The van der Waals surface area contributed by atoms with Crippen molar-refractivity contribution >= 4 is 16.5 Å². The van der Waals surface area contributed by atoms with E-state index in [0.717, 1.165) is 50.0 Å². The molecule has 0 aliphatic carbocycles. The molecule has 1 aromatic rings. The standard InChI is InChI=1S/C14H27N3O2S/c1-5-15-11-13-12(2)16-14(20-13)17(8-10-19-4)7-6-9-18-3/h15H,5-11H2,1-4H3. The highest BCUT2D eigenvalue weighted by Gasteiger charge is 2.13. The normalized spacial score (nSPS) is 11.0. The number of aromatic nitrogens is 1. The molecule has 0 amide bonds. The van der Waals surface area contributed by atoms with Gasteiger partial charge in [0.15, 0.2) is 5.13 Å². The Kier molecular flexibility index (Phi) is 8.77. The molecule has 0 spiro atoms. The van der Waals surface area contributed by atoms with Crippen LogP contribution in [0.2, 0.25) is 0 Å². The number of anilines is 1. The lowest BCUT2D eigenvalue weighted by molar-refractivity contribution is 0.191. The van der Waals surface area contributed by atoms with Gasteiger partial charge in [0.05, 0.1) is 12.3 Å². The Balaban J connectivity index is 2.67. The average Bonchev–Trinajstić information content (AvgIpc) is 2.81. The Morgan fingerprint density at radius 2 is 1.95 bits per heavy atom. The van der Waals surface area contributed by atoms with Crippen LogP contribution < -0.4 is 10.2 Å². The maximum atomic E-state index is 5.19. The van der Waals surface area contributed by atoms with E-state index in [1.807, 2.05) is 0 Å². The fraction of sp³-hybridized carbons (Fsp3) is 0.786. The van der Waals surface area contributed by atoms with Gasteiger partial charge in [0.1, 0.15) is 0 Å². The SMILES string of the molecule is CCNCc1sc(N(CCCOC)CCOC)nc1C. The maximum absolute atomic E-state index is 5.19. The summed E-state index contributed by atoms with van der Waals surface area (Å²) in [6.45, 7) is 9.39. The summed E-state index contributed by atoms with van der Waals surface area (Å²) in [5, 5.41) is 4.45. The second-order valence-electron chi connectivity index (χ2n) is 4.61. The van der Waals surface area contributed by atoms with Crippen molar-refractivity contribution in [3.8, 4) is 0 Å². The van der Waals surface area contributed by atoms with Crippen molar-refractivity contribution in [3.05, 3.63) is 10.6 Å². The van der Waals surface area contributed by atoms with E-state index in [0.29, 0.717) is 6.61 Å². The number of rotatable bonds is 11. The van der Waals surface area contributed by atoms with Crippen LogP contribution in [0.4, 0.5) is 5.13 Å². The first kappa shape index (κ1) is 17.4. The summed E-state index contributed by atoms with van der Waals surface area (Å²) in [5.41, 5.74) is 1.13. The van der Waals surface area contributed by atoms with Crippen molar-refractivity contribution in [1.29, 1.82) is 0 Å². The molecule has 0 atom stereocenters. The van der Waals surface area contributed by atoms with E-state index in [4.69, 9.17) is 14.5 Å². The smallest absolute Gasteiger partial charge is 0.185 e. The van der Waals surface area contributed by atoms with Gasteiger partial charge >= 0.3 is 0 Å². The third-order valence-electron chi connectivity index (χ3n) is 3.03. The minimum Gasteiger partial charge on any atom is -0.385 e. The number of methoxy groups -OCH3 is 2. The van der Waals surface area contributed by atoms with E-state index in [1.54, 1.807) is 25.6 Å². The largest absolute Gasteiger partial charge is 0.385 e. The lowest BCUT2D eigenvalue weighted by Gasteiger charge is -2.21. The van der Waals surface area contributed by atoms with Gasteiger partial charge in [0, 0.05) is 45.3 Å². The highest BCUT2D eigenvalue weighted by Crippen LogP contribution is 2.26. The van der Waals surface area contributed by atoms with Crippen molar-refractivity contribution in [1.82, 2.24) is 10.3 Å². The van der Waals surface area contributed by atoms with E-state index in [-0.39, 0.29) is 0 Å². The number of aryl methyl sites for hydroxylation is 1. The Morgan fingerprint density at radius 1 is 1.20 bits per heavy atom. The van der Waals surface area contributed by atoms with Gasteiger partial charge in [0.2, 0.25) is 0 Å². The lowest BCUT2D eigenvalue weighted by atomic mass is 10.4. The van der Waals surface area contributed by atoms with Crippen molar-refractivity contribution < 1.29 is 9.47 Å². The van der Waals surface area contributed by atoms with Gasteiger partial charge in [-0.1, -0.05) is 6.92 Å². The van der Waals surface area contributed by atoms with Gasteiger partial charge in [-0.15, -0.1) is 11.3 Å². The predicted molar refractivity (Wildman–Crippen MR) is 84.8 cm³/mol. The molecule has 1 heterocycles. The second kappa shape index (κ2) is 10.1. The first-order chi connectivity index (χ1) is 9.72. The fourth-order valence-corrected chi connectivity index (χ4v) is 2.94. The highest BCUT2D eigenvalue weighted by atomic mass is 32.1. The molecule has 0 bridgehead atoms. The van der Waals surface area contributed by atoms with Gasteiger partial charge in [0.25, 0.3) is 0 Å². The molecule has 1 rings (SSSR count). The minimum atomic E-state index is 0.716. The molecule has 0 radical (unpaired) electrons. The van der Waals surface area contributed by atoms with Gasteiger partial charge in [-0.05, 0) is 19.9 Å². The molecule has 0 aliphatic heterocycles. The Morgan fingerprint density at radius 3 is 2.60 bits per heavy atom. The first-order valence-corrected chi connectivity index (χ1v) is 7.94. The van der Waals surface area contributed by atoms with E-state index >= 15 is 0 Å². The first-order valence-electron chi connectivity index (χ1n) is 7.12. The van der Waals surface area contributed by atoms with Crippen LogP contribution in [0.5, 0.6) is 0 Å². The fourth-order valence-electron chi connectivity index (χ4n) is 1.85. The van der Waals surface area contributed by atoms with Gasteiger partial charge in [-0.25, -0.2) is 4.98 Å². The molecule has 1 aromatic heterocycles. The van der Waals surface area contributed by atoms with Gasteiger partial charge in [-0.3, -0.25) is 0 Å². The summed E-state index contributed by atoms with van der Waals surface area (Å²) in [5.74, 6) is 0. The molecule has 0 aromatic carbocycles. The van der Waals surface area contributed by atoms with E-state index in [9.17, 15) is 0 Å². The highest BCUT2D eigenvalue weighted by molar-refractivity contribution is 7.15. The van der Waals surface area contributed by atoms with Crippen LogP contribution in [0.15, 0.2) is 0 Å². The van der Waals surface area contributed by atoms with E-state index in [2.05, 4.69) is 24.1 Å². The molecule has 0 saturated heterocycles. The summed E-state index contributed by atoms with van der Waals surface area (Å²) < 4.78 is 10.3. The van der Waals surface area contributed by atoms with E-state index in [1.165, 1.54) is 4.88 Å². The van der Waals surface area contributed by atoms with Gasteiger partial charge < -0.3 is 19.7 Å². The molecular formula is C14H27N3O2S. The number of ether oxygens (including phenoxy) is 2. The van der Waals surface area contributed by atoms with Crippen LogP contribution >= 0.6 is 11.3 Å². The zero-order chi connectivity index (χ0) is 14.8. The molecule has 5 nitrogen and oxygen atoms in total. The Bertz CT molecular complexity index is 371. The third kappa shape index (κ3) is 5.75. The van der Waals surface area contributed by atoms with Gasteiger partial charge in [-0.2, -0.15) is 0 Å². The summed E-state index contributed by atoms with van der Waals surface area (Å²) in [6.07, 6.45) is 1.00. The summed E-state index contributed by atoms with van der Waals surface area (Å²) in [4.78, 5) is 8.31. The molecule has 1 N–H and O–H groups in total. The number of hydrogen-bond acceptors (Lipinski definition) is 6. The van der Waals surface area contributed by atoms with Crippen molar-refractivity contribution in [2.45, 2.75) is 26.8 Å². The number of hydrogen-bond donors (Lipinski definition) is 1. The third-order valence-corrected chi connectivity index (χ3v) is 4.25. The van der Waals surface area contributed by atoms with Crippen LogP contribution in [0, 0.1) is 6.92 Å². The summed E-state index contributed by atoms with van der Waals surface area (Å²) >= 11 is 1.77. The van der Waals surface area contributed by atoms with Crippen LogP contribution in [0.1, 0.15) is 23.9 Å².